The molecule has 1 aliphatic heterocycles. The van der Waals surface area contributed by atoms with Crippen LogP contribution in [0.4, 0.5) is 0 Å². The van der Waals surface area contributed by atoms with Crippen LogP contribution in [-0.4, -0.2) is 52.2 Å². The Balaban J connectivity index is 2.20. The lowest BCUT2D eigenvalue weighted by Gasteiger charge is -2.25. The van der Waals surface area contributed by atoms with E-state index in [1.165, 1.54) is 42.3 Å². The van der Waals surface area contributed by atoms with E-state index < -0.39 is 17.7 Å². The molecule has 0 aromatic heterocycles. The fraction of sp³-hybridized carbons (Fsp3) is 0.200. The normalized spacial score (nSPS) is 18.5. The van der Waals surface area contributed by atoms with Crippen LogP contribution in [0.3, 0.4) is 0 Å². The van der Waals surface area contributed by atoms with Crippen LogP contribution in [0.2, 0.25) is 5.02 Å². The molecule has 1 fully saturated rings. The van der Waals surface area contributed by atoms with E-state index in [1.807, 2.05) is 0 Å². The summed E-state index contributed by atoms with van der Waals surface area (Å²) in [6, 6.07) is 9.60. The average Bonchev–Trinajstić information content (AvgIpc) is 2.94. The summed E-state index contributed by atoms with van der Waals surface area (Å²) >= 11 is 5.87. The van der Waals surface area contributed by atoms with Gasteiger partial charge in [-0.15, -0.1) is 0 Å². The second kappa shape index (κ2) is 7.92. The topological polar surface area (TPSA) is 107 Å². The molecule has 28 heavy (non-hydrogen) atoms. The van der Waals surface area contributed by atoms with Gasteiger partial charge in [-0.05, 0) is 42.0 Å². The number of ether oxygens (including phenoxy) is 1. The summed E-state index contributed by atoms with van der Waals surface area (Å²) in [4.78, 5) is 26.4. The second-order valence-corrected chi connectivity index (χ2v) is 6.59. The lowest BCUT2D eigenvalue weighted by molar-refractivity contribution is -0.140. The van der Waals surface area contributed by atoms with E-state index in [9.17, 15) is 24.9 Å². The van der Waals surface area contributed by atoms with Crippen LogP contribution in [0.25, 0.3) is 5.76 Å². The third-order valence-electron chi connectivity index (χ3n) is 4.52. The van der Waals surface area contributed by atoms with Crippen LogP contribution < -0.4 is 4.74 Å². The summed E-state index contributed by atoms with van der Waals surface area (Å²) in [7, 11) is 1.37. The molecule has 1 unspecified atom stereocenters. The highest BCUT2D eigenvalue weighted by Crippen LogP contribution is 2.41. The molecule has 2 aromatic carbocycles. The van der Waals surface area contributed by atoms with Crippen molar-refractivity contribution in [2.45, 2.75) is 6.04 Å². The molecule has 8 heteroatoms. The number of aliphatic hydroxyl groups is 2. The largest absolute Gasteiger partial charge is 0.507 e. The first-order valence-corrected chi connectivity index (χ1v) is 8.79. The number of rotatable bonds is 5. The minimum Gasteiger partial charge on any atom is -0.507 e. The van der Waals surface area contributed by atoms with Gasteiger partial charge >= 0.3 is 0 Å². The van der Waals surface area contributed by atoms with Crippen molar-refractivity contribution in [1.29, 1.82) is 0 Å². The van der Waals surface area contributed by atoms with E-state index in [1.54, 1.807) is 12.1 Å². The molecule has 1 saturated heterocycles. The third-order valence-corrected chi connectivity index (χ3v) is 4.77. The Labute approximate surface area is 166 Å². The lowest BCUT2D eigenvalue weighted by Crippen LogP contribution is -2.32. The highest BCUT2D eigenvalue weighted by Gasteiger charge is 2.46. The maximum atomic E-state index is 12.7. The average molecular weight is 404 g/mol. The van der Waals surface area contributed by atoms with Crippen LogP contribution in [-0.2, 0) is 9.59 Å². The zero-order valence-electron chi connectivity index (χ0n) is 14.9. The molecule has 0 aliphatic carbocycles. The molecular weight excluding hydrogens is 386 g/mol. The molecular formula is C20H18ClNO6. The van der Waals surface area contributed by atoms with Gasteiger partial charge < -0.3 is 25.0 Å². The molecule has 0 bridgehead atoms. The highest BCUT2D eigenvalue weighted by atomic mass is 35.5. The first-order valence-electron chi connectivity index (χ1n) is 8.41. The van der Waals surface area contributed by atoms with E-state index in [0.29, 0.717) is 16.1 Å². The van der Waals surface area contributed by atoms with Crippen molar-refractivity contribution in [3.8, 4) is 11.5 Å². The van der Waals surface area contributed by atoms with Gasteiger partial charge in [-0.2, -0.15) is 0 Å². The number of aliphatic hydroxyl groups excluding tert-OH is 2. The van der Waals surface area contributed by atoms with Crippen molar-refractivity contribution >= 4 is 29.1 Å². The number of amides is 1. The SMILES string of the molecule is COc1cc(C2/C(=C(/O)c3ccc(Cl)cc3)C(=O)C(=O)N2CCO)ccc1O. The van der Waals surface area contributed by atoms with Crippen molar-refractivity contribution in [1.82, 2.24) is 4.90 Å². The first-order chi connectivity index (χ1) is 13.4. The van der Waals surface area contributed by atoms with Gasteiger partial charge in [-0.1, -0.05) is 17.7 Å². The number of aromatic hydroxyl groups is 1. The minimum absolute atomic E-state index is 0.101. The zero-order valence-corrected chi connectivity index (χ0v) is 15.7. The number of hydrogen-bond donors (Lipinski definition) is 3. The number of ketones is 1. The fourth-order valence-corrected chi connectivity index (χ4v) is 3.32. The van der Waals surface area contributed by atoms with Crippen molar-refractivity contribution in [2.24, 2.45) is 0 Å². The maximum Gasteiger partial charge on any atom is 0.295 e. The summed E-state index contributed by atoms with van der Waals surface area (Å²) in [6.45, 7) is -0.463. The Morgan fingerprint density at radius 2 is 1.86 bits per heavy atom. The number of phenolic OH excluding ortho intramolecular Hbond substituents is 1. The molecule has 3 rings (SSSR count). The number of nitrogens with zero attached hydrogens (tertiary/aromatic N) is 1. The smallest absolute Gasteiger partial charge is 0.295 e. The zero-order chi connectivity index (χ0) is 20.4. The van der Waals surface area contributed by atoms with Crippen molar-refractivity contribution < 1.29 is 29.6 Å². The van der Waals surface area contributed by atoms with Gasteiger partial charge in [-0.3, -0.25) is 9.59 Å². The van der Waals surface area contributed by atoms with Crippen LogP contribution >= 0.6 is 11.6 Å². The standard InChI is InChI=1S/C20H18ClNO6/c1-28-15-10-12(4-7-14(15)24)17-16(19(26)20(27)22(17)8-9-23)18(25)11-2-5-13(21)6-3-11/h2-7,10,17,23-25H,8-9H2,1H3/b18-16-. The van der Waals surface area contributed by atoms with Crippen LogP contribution in [0.15, 0.2) is 48.0 Å². The molecule has 1 aliphatic rings. The van der Waals surface area contributed by atoms with Crippen molar-refractivity contribution in [3.05, 3.63) is 64.2 Å². The maximum absolute atomic E-state index is 12.7. The quantitative estimate of drug-likeness (QED) is 0.402. The summed E-state index contributed by atoms with van der Waals surface area (Å²) in [5.74, 6) is -2.01. The highest BCUT2D eigenvalue weighted by molar-refractivity contribution is 6.46. The molecule has 1 amide bonds. The molecule has 7 nitrogen and oxygen atoms in total. The number of methoxy groups -OCH3 is 1. The molecule has 0 spiro atoms. The van der Waals surface area contributed by atoms with Gasteiger partial charge in [0, 0.05) is 17.1 Å². The Hall–Kier alpha value is -3.03. The first kappa shape index (κ1) is 19.7. The third kappa shape index (κ3) is 3.42. The molecule has 2 aromatic rings. The van der Waals surface area contributed by atoms with Crippen LogP contribution in [0, 0.1) is 0 Å². The summed E-state index contributed by atoms with van der Waals surface area (Å²) in [6.07, 6.45) is 0. The number of hydrogen-bond acceptors (Lipinski definition) is 6. The molecule has 3 N–H and O–H groups in total. The second-order valence-electron chi connectivity index (χ2n) is 6.15. The van der Waals surface area contributed by atoms with Gasteiger partial charge in [0.25, 0.3) is 11.7 Å². The summed E-state index contributed by atoms with van der Waals surface area (Å²) in [5.41, 5.74) is 0.647. The number of halogens is 1. The van der Waals surface area contributed by atoms with Gasteiger partial charge in [-0.25, -0.2) is 0 Å². The molecule has 1 heterocycles. The number of carbonyl (C=O) groups is 2. The Morgan fingerprint density at radius 3 is 2.46 bits per heavy atom. The van der Waals surface area contributed by atoms with E-state index in [-0.39, 0.29) is 36.0 Å². The Morgan fingerprint density at radius 1 is 1.18 bits per heavy atom. The van der Waals surface area contributed by atoms with Crippen molar-refractivity contribution in [2.75, 3.05) is 20.3 Å². The van der Waals surface area contributed by atoms with E-state index in [0.717, 1.165) is 0 Å². The van der Waals surface area contributed by atoms with Gasteiger partial charge in [0.2, 0.25) is 0 Å². The van der Waals surface area contributed by atoms with Gasteiger partial charge in [0.05, 0.1) is 25.3 Å². The number of Topliss-reactive ketones (excluding diaryl/α,β-unsaturated/α-hetero) is 1. The summed E-state index contributed by atoms with van der Waals surface area (Å²) < 4.78 is 5.11. The fourth-order valence-electron chi connectivity index (χ4n) is 3.19. The lowest BCUT2D eigenvalue weighted by atomic mass is 9.95. The Bertz CT molecular complexity index is 954. The summed E-state index contributed by atoms with van der Waals surface area (Å²) in [5, 5.41) is 30.4. The predicted octanol–water partition coefficient (Wildman–Crippen LogP) is 2.47. The minimum atomic E-state index is -0.947. The molecule has 146 valence electrons. The molecule has 1 atom stereocenters. The number of benzene rings is 2. The van der Waals surface area contributed by atoms with E-state index in [2.05, 4.69) is 0 Å². The monoisotopic (exact) mass is 403 g/mol. The van der Waals surface area contributed by atoms with Gasteiger partial charge in [0.1, 0.15) is 5.76 Å². The van der Waals surface area contributed by atoms with E-state index in [4.69, 9.17) is 16.3 Å². The van der Waals surface area contributed by atoms with Gasteiger partial charge in [0.15, 0.2) is 11.5 Å². The van der Waals surface area contributed by atoms with Crippen LogP contribution in [0.1, 0.15) is 17.2 Å². The predicted molar refractivity (Wildman–Crippen MR) is 102 cm³/mol. The molecule has 0 radical (unpaired) electrons. The number of carbonyl (C=O) groups excluding carboxylic acids is 2. The molecule has 0 saturated carbocycles. The van der Waals surface area contributed by atoms with Crippen LogP contribution in [0.5, 0.6) is 11.5 Å². The number of phenols is 1. The Kier molecular flexibility index (Phi) is 5.58. The number of β-amino-alcohol motifs (C(OH)–C–C–N with tert-alkyl or cyclic N) is 1. The number of likely N-dealkylation sites (tertiary alicyclic amines) is 1. The van der Waals surface area contributed by atoms with Crippen molar-refractivity contribution in [3.63, 3.8) is 0 Å². The van der Waals surface area contributed by atoms with E-state index >= 15 is 0 Å².